The molecule has 86 valence electrons. The molecule has 0 fully saturated rings. The van der Waals surface area contributed by atoms with Crippen LogP contribution in [0.25, 0.3) is 10.9 Å². The lowest BCUT2D eigenvalue weighted by molar-refractivity contribution is 0.426. The SMILES string of the molecule is CC(C)C(C)NCc1ccc2cc[nH]c2c1. The van der Waals surface area contributed by atoms with E-state index in [1.807, 2.05) is 6.20 Å². The predicted octanol–water partition coefficient (Wildman–Crippen LogP) is 3.30. The fourth-order valence-electron chi connectivity index (χ4n) is 1.72. The van der Waals surface area contributed by atoms with Gasteiger partial charge in [0.05, 0.1) is 0 Å². The number of aromatic amines is 1. The number of hydrogen-bond donors (Lipinski definition) is 2. The zero-order chi connectivity index (χ0) is 11.5. The second-order valence-corrected chi connectivity index (χ2v) is 4.81. The molecule has 0 amide bonds. The van der Waals surface area contributed by atoms with Gasteiger partial charge < -0.3 is 10.3 Å². The van der Waals surface area contributed by atoms with Crippen molar-refractivity contribution in [1.82, 2.24) is 10.3 Å². The first-order valence-corrected chi connectivity index (χ1v) is 5.96. The molecule has 0 saturated heterocycles. The molecule has 1 aromatic carbocycles. The molecule has 1 unspecified atom stereocenters. The molecular weight excluding hydrogens is 196 g/mol. The third-order valence-electron chi connectivity index (χ3n) is 3.25. The average Bonchev–Trinajstić information content (AvgIpc) is 2.72. The van der Waals surface area contributed by atoms with E-state index in [2.05, 4.69) is 55.3 Å². The Morgan fingerprint density at radius 1 is 1.19 bits per heavy atom. The minimum absolute atomic E-state index is 0.555. The van der Waals surface area contributed by atoms with Gasteiger partial charge in [0.1, 0.15) is 0 Å². The average molecular weight is 216 g/mol. The lowest BCUT2D eigenvalue weighted by Gasteiger charge is -2.17. The van der Waals surface area contributed by atoms with E-state index in [1.165, 1.54) is 16.5 Å². The Balaban J connectivity index is 2.04. The van der Waals surface area contributed by atoms with Crippen molar-refractivity contribution < 1.29 is 0 Å². The Kier molecular flexibility index (Phi) is 3.30. The molecule has 2 nitrogen and oxygen atoms in total. The topological polar surface area (TPSA) is 27.8 Å². The second-order valence-electron chi connectivity index (χ2n) is 4.81. The van der Waals surface area contributed by atoms with E-state index in [0.29, 0.717) is 12.0 Å². The molecule has 0 aliphatic carbocycles. The highest BCUT2D eigenvalue weighted by molar-refractivity contribution is 5.79. The summed E-state index contributed by atoms with van der Waals surface area (Å²) in [5, 5.41) is 4.82. The van der Waals surface area contributed by atoms with Crippen molar-refractivity contribution in [3.05, 3.63) is 36.0 Å². The van der Waals surface area contributed by atoms with Crippen LogP contribution < -0.4 is 5.32 Å². The van der Waals surface area contributed by atoms with Gasteiger partial charge in [-0.15, -0.1) is 0 Å². The van der Waals surface area contributed by atoms with Crippen molar-refractivity contribution in [3.8, 4) is 0 Å². The molecule has 2 aromatic rings. The van der Waals surface area contributed by atoms with Crippen LogP contribution in [0.5, 0.6) is 0 Å². The van der Waals surface area contributed by atoms with Crippen LogP contribution >= 0.6 is 0 Å². The Labute approximate surface area is 97.1 Å². The van der Waals surface area contributed by atoms with Crippen LogP contribution in [0.2, 0.25) is 0 Å². The van der Waals surface area contributed by atoms with Gasteiger partial charge in [0, 0.05) is 24.3 Å². The first-order valence-electron chi connectivity index (χ1n) is 5.96. The molecule has 1 aromatic heterocycles. The summed E-state index contributed by atoms with van der Waals surface area (Å²) < 4.78 is 0. The minimum Gasteiger partial charge on any atom is -0.361 e. The fourth-order valence-corrected chi connectivity index (χ4v) is 1.72. The molecule has 0 bridgehead atoms. The Morgan fingerprint density at radius 3 is 2.75 bits per heavy atom. The van der Waals surface area contributed by atoms with Gasteiger partial charge in [-0.25, -0.2) is 0 Å². The van der Waals surface area contributed by atoms with Gasteiger partial charge in [0.2, 0.25) is 0 Å². The highest BCUT2D eigenvalue weighted by Crippen LogP contribution is 2.14. The Bertz CT molecular complexity index is 456. The molecule has 0 spiro atoms. The summed E-state index contributed by atoms with van der Waals surface area (Å²) in [6.07, 6.45) is 1.98. The fraction of sp³-hybridized carbons (Fsp3) is 0.429. The zero-order valence-corrected chi connectivity index (χ0v) is 10.2. The molecule has 1 heterocycles. The molecule has 0 aliphatic heterocycles. The summed E-state index contributed by atoms with van der Waals surface area (Å²) in [6, 6.07) is 9.23. The van der Waals surface area contributed by atoms with Crippen LogP contribution in [0, 0.1) is 5.92 Å². The van der Waals surface area contributed by atoms with Crippen LogP contribution in [-0.2, 0) is 6.54 Å². The Morgan fingerprint density at radius 2 is 2.00 bits per heavy atom. The molecule has 0 aliphatic rings. The number of aromatic nitrogens is 1. The molecule has 2 rings (SSSR count). The van der Waals surface area contributed by atoms with Crippen molar-refractivity contribution in [2.45, 2.75) is 33.4 Å². The maximum Gasteiger partial charge on any atom is 0.0457 e. The molecular formula is C14H20N2. The number of benzene rings is 1. The maximum atomic E-state index is 3.54. The van der Waals surface area contributed by atoms with E-state index in [0.717, 1.165) is 6.54 Å². The van der Waals surface area contributed by atoms with Gasteiger partial charge in [-0.05, 0) is 35.9 Å². The maximum absolute atomic E-state index is 3.54. The quantitative estimate of drug-likeness (QED) is 0.806. The van der Waals surface area contributed by atoms with Gasteiger partial charge in [-0.2, -0.15) is 0 Å². The summed E-state index contributed by atoms with van der Waals surface area (Å²) in [5.41, 5.74) is 2.55. The number of H-pyrrole nitrogens is 1. The number of fused-ring (bicyclic) bond motifs is 1. The predicted molar refractivity (Wildman–Crippen MR) is 69.4 cm³/mol. The normalized spacial score (nSPS) is 13.5. The third kappa shape index (κ3) is 2.45. The van der Waals surface area contributed by atoms with E-state index in [-0.39, 0.29) is 0 Å². The van der Waals surface area contributed by atoms with E-state index in [1.54, 1.807) is 0 Å². The molecule has 1 atom stereocenters. The minimum atomic E-state index is 0.555. The van der Waals surface area contributed by atoms with Crippen molar-refractivity contribution in [2.24, 2.45) is 5.92 Å². The van der Waals surface area contributed by atoms with Crippen molar-refractivity contribution in [2.75, 3.05) is 0 Å². The largest absolute Gasteiger partial charge is 0.361 e. The first-order chi connectivity index (χ1) is 7.66. The lowest BCUT2D eigenvalue weighted by atomic mass is 10.1. The van der Waals surface area contributed by atoms with Crippen molar-refractivity contribution in [1.29, 1.82) is 0 Å². The highest BCUT2D eigenvalue weighted by atomic mass is 14.9. The van der Waals surface area contributed by atoms with Crippen LogP contribution in [0.4, 0.5) is 0 Å². The number of nitrogens with one attached hydrogen (secondary N) is 2. The van der Waals surface area contributed by atoms with E-state index < -0.39 is 0 Å². The van der Waals surface area contributed by atoms with E-state index in [4.69, 9.17) is 0 Å². The summed E-state index contributed by atoms with van der Waals surface area (Å²) >= 11 is 0. The number of hydrogen-bond acceptors (Lipinski definition) is 1. The molecule has 2 N–H and O–H groups in total. The van der Waals surface area contributed by atoms with Gasteiger partial charge >= 0.3 is 0 Å². The van der Waals surface area contributed by atoms with Gasteiger partial charge in [0.15, 0.2) is 0 Å². The van der Waals surface area contributed by atoms with Gasteiger partial charge in [-0.1, -0.05) is 26.0 Å². The van der Waals surface area contributed by atoms with Crippen LogP contribution in [0.1, 0.15) is 26.3 Å². The monoisotopic (exact) mass is 216 g/mol. The van der Waals surface area contributed by atoms with Gasteiger partial charge in [0.25, 0.3) is 0 Å². The van der Waals surface area contributed by atoms with Crippen molar-refractivity contribution in [3.63, 3.8) is 0 Å². The smallest absolute Gasteiger partial charge is 0.0457 e. The molecule has 2 heteroatoms. The summed E-state index contributed by atoms with van der Waals surface area (Å²) in [5.74, 6) is 0.675. The Hall–Kier alpha value is -1.28. The van der Waals surface area contributed by atoms with Crippen LogP contribution in [0.3, 0.4) is 0 Å². The standard InChI is InChI=1S/C14H20N2/c1-10(2)11(3)16-9-12-4-5-13-6-7-15-14(13)8-12/h4-8,10-11,15-16H,9H2,1-3H3. The summed E-state index contributed by atoms with van der Waals surface area (Å²) in [7, 11) is 0. The van der Waals surface area contributed by atoms with E-state index in [9.17, 15) is 0 Å². The lowest BCUT2D eigenvalue weighted by Crippen LogP contribution is -2.30. The van der Waals surface area contributed by atoms with Crippen LogP contribution in [0.15, 0.2) is 30.5 Å². The third-order valence-corrected chi connectivity index (χ3v) is 3.25. The van der Waals surface area contributed by atoms with Crippen LogP contribution in [-0.4, -0.2) is 11.0 Å². The zero-order valence-electron chi connectivity index (χ0n) is 10.2. The number of rotatable bonds is 4. The highest BCUT2D eigenvalue weighted by Gasteiger charge is 2.05. The first kappa shape index (κ1) is 11.2. The van der Waals surface area contributed by atoms with Crippen molar-refractivity contribution >= 4 is 10.9 Å². The van der Waals surface area contributed by atoms with Gasteiger partial charge in [-0.3, -0.25) is 0 Å². The molecule has 0 saturated carbocycles. The second kappa shape index (κ2) is 4.71. The molecule has 16 heavy (non-hydrogen) atoms. The van der Waals surface area contributed by atoms with E-state index >= 15 is 0 Å². The molecule has 0 radical (unpaired) electrons. The summed E-state index contributed by atoms with van der Waals surface area (Å²) in [6.45, 7) is 7.66. The summed E-state index contributed by atoms with van der Waals surface area (Å²) in [4.78, 5) is 3.24.